The maximum absolute atomic E-state index is 12.8. The first-order valence-electron chi connectivity index (χ1n) is 8.95. The second kappa shape index (κ2) is 7.48. The van der Waals surface area contributed by atoms with Crippen molar-refractivity contribution in [2.24, 2.45) is 0 Å². The average molecular weight is 370 g/mol. The summed E-state index contributed by atoms with van der Waals surface area (Å²) in [5.41, 5.74) is 4.90. The average Bonchev–Trinajstić information content (AvgIpc) is 3.18. The fourth-order valence-electron chi connectivity index (χ4n) is 3.35. The number of fused-ring (bicyclic) bond motifs is 1. The molecule has 0 unspecified atom stereocenters. The number of imidazole rings is 1. The standard InChI is InChI=1S/C23H18N2O3/c26-20(12-16-6-8-18(9-7-16)23(27)28)13-22-21(17-4-2-1-3-5-17)11-10-19-14-24-15-25(19)22/h1-11,14-15H,12-13H2,(H,27,28). The molecule has 4 rings (SSSR count). The zero-order chi connectivity index (χ0) is 19.5. The summed E-state index contributed by atoms with van der Waals surface area (Å²) in [6.45, 7) is 0. The number of ketones is 1. The molecule has 5 heteroatoms. The van der Waals surface area contributed by atoms with E-state index in [1.165, 1.54) is 12.1 Å². The quantitative estimate of drug-likeness (QED) is 0.556. The molecule has 5 nitrogen and oxygen atoms in total. The fraction of sp³-hybridized carbons (Fsp3) is 0.0870. The molecule has 0 fully saturated rings. The summed E-state index contributed by atoms with van der Waals surface area (Å²) in [4.78, 5) is 28.0. The normalized spacial score (nSPS) is 10.9. The Kier molecular flexibility index (Phi) is 4.72. The van der Waals surface area contributed by atoms with Crippen molar-refractivity contribution in [2.45, 2.75) is 12.8 Å². The lowest BCUT2D eigenvalue weighted by Crippen LogP contribution is -2.11. The summed E-state index contributed by atoms with van der Waals surface area (Å²) < 4.78 is 1.95. The molecular formula is C23H18N2O3. The minimum absolute atomic E-state index is 0.0569. The molecule has 0 aliphatic rings. The number of nitrogens with zero attached hydrogens (tertiary/aromatic N) is 2. The zero-order valence-corrected chi connectivity index (χ0v) is 15.1. The van der Waals surface area contributed by atoms with Gasteiger partial charge in [0.2, 0.25) is 0 Å². The van der Waals surface area contributed by atoms with E-state index in [4.69, 9.17) is 5.11 Å². The lowest BCUT2D eigenvalue weighted by atomic mass is 9.98. The first kappa shape index (κ1) is 17.7. The van der Waals surface area contributed by atoms with Gasteiger partial charge in [-0.3, -0.25) is 4.79 Å². The Bertz CT molecular complexity index is 1150. The van der Waals surface area contributed by atoms with Crippen LogP contribution >= 0.6 is 0 Å². The van der Waals surface area contributed by atoms with Crippen LogP contribution in [0.1, 0.15) is 21.6 Å². The SMILES string of the molecule is O=C(Cc1ccc(C(=O)O)cc1)Cc1c(-c2ccccc2)ccc2cncn12. The van der Waals surface area contributed by atoms with Gasteiger partial charge in [-0.15, -0.1) is 0 Å². The molecule has 0 aliphatic carbocycles. The topological polar surface area (TPSA) is 71.7 Å². The summed E-state index contributed by atoms with van der Waals surface area (Å²) in [6.07, 6.45) is 4.01. The highest BCUT2D eigenvalue weighted by molar-refractivity contribution is 5.88. The highest BCUT2D eigenvalue weighted by Gasteiger charge is 2.14. The van der Waals surface area contributed by atoms with E-state index in [0.717, 1.165) is 27.9 Å². The molecule has 1 N–H and O–H groups in total. The number of hydrogen-bond donors (Lipinski definition) is 1. The van der Waals surface area contributed by atoms with Gasteiger partial charge in [0.05, 0.1) is 23.6 Å². The Hall–Kier alpha value is -3.73. The van der Waals surface area contributed by atoms with Gasteiger partial charge in [0.25, 0.3) is 0 Å². The molecule has 0 bridgehead atoms. The summed E-state index contributed by atoms with van der Waals surface area (Å²) >= 11 is 0. The van der Waals surface area contributed by atoms with Gasteiger partial charge in [0, 0.05) is 24.1 Å². The van der Waals surface area contributed by atoms with Crippen LogP contribution in [0.2, 0.25) is 0 Å². The van der Waals surface area contributed by atoms with Crippen LogP contribution in [0, 0.1) is 0 Å². The number of rotatable bonds is 6. The Morgan fingerprint density at radius 2 is 1.64 bits per heavy atom. The maximum Gasteiger partial charge on any atom is 0.335 e. The van der Waals surface area contributed by atoms with Crippen molar-refractivity contribution in [1.29, 1.82) is 0 Å². The summed E-state index contributed by atoms with van der Waals surface area (Å²) in [5.74, 6) is -0.918. The Labute approximate surface area is 161 Å². The van der Waals surface area contributed by atoms with Crippen molar-refractivity contribution in [3.8, 4) is 11.1 Å². The van der Waals surface area contributed by atoms with Crippen molar-refractivity contribution < 1.29 is 14.7 Å². The third-order valence-electron chi connectivity index (χ3n) is 4.74. The van der Waals surface area contributed by atoms with Crippen LogP contribution in [0.15, 0.2) is 79.3 Å². The fourth-order valence-corrected chi connectivity index (χ4v) is 3.35. The van der Waals surface area contributed by atoms with E-state index in [9.17, 15) is 9.59 Å². The van der Waals surface area contributed by atoms with Crippen molar-refractivity contribution in [3.05, 3.63) is 96.1 Å². The number of pyridine rings is 1. The molecule has 0 saturated heterocycles. The molecule has 0 aliphatic heterocycles. The summed E-state index contributed by atoms with van der Waals surface area (Å²) in [5, 5.41) is 9.00. The number of aromatic carboxylic acids is 1. The van der Waals surface area contributed by atoms with Gasteiger partial charge in [0.1, 0.15) is 5.78 Å². The largest absolute Gasteiger partial charge is 0.478 e. The van der Waals surface area contributed by atoms with Gasteiger partial charge in [-0.2, -0.15) is 0 Å². The third-order valence-corrected chi connectivity index (χ3v) is 4.74. The molecule has 2 heterocycles. The number of aromatic nitrogens is 2. The molecule has 0 amide bonds. The number of carboxylic acids is 1. The van der Waals surface area contributed by atoms with Gasteiger partial charge in [0.15, 0.2) is 0 Å². The number of carbonyl (C=O) groups is 2. The van der Waals surface area contributed by atoms with Gasteiger partial charge in [-0.1, -0.05) is 48.5 Å². The number of benzene rings is 2. The molecule has 4 aromatic rings. The first-order valence-corrected chi connectivity index (χ1v) is 8.95. The molecular weight excluding hydrogens is 352 g/mol. The van der Waals surface area contributed by atoms with Crippen LogP contribution in [0.3, 0.4) is 0 Å². The highest BCUT2D eigenvalue weighted by Crippen LogP contribution is 2.26. The molecule has 0 radical (unpaired) electrons. The number of Topliss-reactive ketones (excluding diaryl/α,β-unsaturated/α-hetero) is 1. The van der Waals surface area contributed by atoms with E-state index in [1.807, 2.05) is 46.9 Å². The van der Waals surface area contributed by atoms with Gasteiger partial charge < -0.3 is 9.51 Å². The van der Waals surface area contributed by atoms with Crippen molar-refractivity contribution in [3.63, 3.8) is 0 Å². The second-order valence-corrected chi connectivity index (χ2v) is 6.64. The molecule has 0 atom stereocenters. The maximum atomic E-state index is 12.8. The molecule has 2 aromatic heterocycles. The van der Waals surface area contributed by atoms with E-state index in [1.54, 1.807) is 24.7 Å². The molecule has 2 aromatic carbocycles. The Balaban J connectivity index is 1.64. The highest BCUT2D eigenvalue weighted by atomic mass is 16.4. The van der Waals surface area contributed by atoms with Gasteiger partial charge >= 0.3 is 5.97 Å². The van der Waals surface area contributed by atoms with Crippen LogP contribution < -0.4 is 0 Å². The zero-order valence-electron chi connectivity index (χ0n) is 15.1. The van der Waals surface area contributed by atoms with E-state index in [-0.39, 0.29) is 24.2 Å². The monoisotopic (exact) mass is 370 g/mol. The van der Waals surface area contributed by atoms with Crippen LogP contribution in [0.4, 0.5) is 0 Å². The van der Waals surface area contributed by atoms with E-state index in [2.05, 4.69) is 4.98 Å². The van der Waals surface area contributed by atoms with Crippen LogP contribution in [-0.2, 0) is 17.6 Å². The molecule has 0 saturated carbocycles. The number of carboxylic acid groups (broad SMARTS) is 1. The predicted octanol–water partition coefficient (Wildman–Crippen LogP) is 4.05. The number of hydrogen-bond acceptors (Lipinski definition) is 3. The first-order chi connectivity index (χ1) is 13.6. The molecule has 28 heavy (non-hydrogen) atoms. The lowest BCUT2D eigenvalue weighted by molar-refractivity contribution is -0.117. The smallest absolute Gasteiger partial charge is 0.335 e. The van der Waals surface area contributed by atoms with E-state index >= 15 is 0 Å². The minimum atomic E-state index is -0.975. The molecule has 0 spiro atoms. The summed E-state index contributed by atoms with van der Waals surface area (Å²) in [7, 11) is 0. The predicted molar refractivity (Wildman–Crippen MR) is 106 cm³/mol. The van der Waals surface area contributed by atoms with Crippen molar-refractivity contribution in [2.75, 3.05) is 0 Å². The minimum Gasteiger partial charge on any atom is -0.478 e. The van der Waals surface area contributed by atoms with Gasteiger partial charge in [-0.05, 0) is 29.3 Å². The lowest BCUT2D eigenvalue weighted by Gasteiger charge is -2.12. The summed E-state index contributed by atoms with van der Waals surface area (Å²) in [6, 6.07) is 20.4. The van der Waals surface area contributed by atoms with Crippen molar-refractivity contribution >= 4 is 17.3 Å². The van der Waals surface area contributed by atoms with E-state index < -0.39 is 5.97 Å². The molecule has 138 valence electrons. The van der Waals surface area contributed by atoms with E-state index in [0.29, 0.717) is 0 Å². The van der Waals surface area contributed by atoms with Crippen LogP contribution in [0.5, 0.6) is 0 Å². The van der Waals surface area contributed by atoms with Gasteiger partial charge in [-0.25, -0.2) is 9.78 Å². The van der Waals surface area contributed by atoms with Crippen molar-refractivity contribution in [1.82, 2.24) is 9.38 Å². The van der Waals surface area contributed by atoms with Crippen LogP contribution in [-0.4, -0.2) is 26.2 Å². The van der Waals surface area contributed by atoms with Crippen LogP contribution in [0.25, 0.3) is 16.6 Å². The second-order valence-electron chi connectivity index (χ2n) is 6.64. The Morgan fingerprint density at radius 3 is 2.36 bits per heavy atom. The Morgan fingerprint density at radius 1 is 0.893 bits per heavy atom. The number of carbonyl (C=O) groups excluding carboxylic acids is 1. The third kappa shape index (κ3) is 3.55.